The van der Waals surface area contributed by atoms with E-state index in [1.807, 2.05) is 13.8 Å². The number of amides is 1. The van der Waals surface area contributed by atoms with Crippen LogP contribution in [-0.4, -0.2) is 35.2 Å². The molecule has 1 amide bonds. The predicted octanol–water partition coefficient (Wildman–Crippen LogP) is 4.18. The number of nitro groups is 1. The number of benzene rings is 2. The van der Waals surface area contributed by atoms with E-state index in [4.69, 9.17) is 14.0 Å². The fraction of sp³-hybridized carbons (Fsp3) is 0.318. The van der Waals surface area contributed by atoms with Gasteiger partial charge in [0.2, 0.25) is 11.7 Å². The third kappa shape index (κ3) is 4.85. The summed E-state index contributed by atoms with van der Waals surface area (Å²) in [4.78, 5) is 27.8. The molecule has 10 heteroatoms. The molecule has 1 aromatic heterocycles. The summed E-state index contributed by atoms with van der Waals surface area (Å²) in [5.41, 5.74) is 0.670. The van der Waals surface area contributed by atoms with Crippen LogP contribution in [0.15, 0.2) is 47.0 Å². The maximum Gasteiger partial charge on any atom is 0.270 e. The van der Waals surface area contributed by atoms with Crippen LogP contribution >= 0.6 is 0 Å². The molecule has 0 aliphatic heterocycles. The van der Waals surface area contributed by atoms with Crippen LogP contribution in [0.2, 0.25) is 0 Å². The van der Waals surface area contributed by atoms with Crippen molar-refractivity contribution >= 4 is 11.6 Å². The first-order chi connectivity index (χ1) is 15.4. The van der Waals surface area contributed by atoms with E-state index >= 15 is 0 Å². The van der Waals surface area contributed by atoms with Gasteiger partial charge < -0.3 is 19.3 Å². The van der Waals surface area contributed by atoms with Crippen molar-refractivity contribution in [2.24, 2.45) is 5.92 Å². The first-order valence-electron chi connectivity index (χ1n) is 9.99. The molecule has 3 rings (SSSR count). The number of non-ortho nitro benzene ring substituents is 1. The van der Waals surface area contributed by atoms with Gasteiger partial charge in [0.25, 0.3) is 11.6 Å². The lowest BCUT2D eigenvalue weighted by Crippen LogP contribution is -2.32. The number of methoxy groups -OCH3 is 2. The zero-order chi connectivity index (χ0) is 23.3. The molecule has 0 bridgehead atoms. The minimum Gasteiger partial charge on any atom is -0.493 e. The molecule has 10 nitrogen and oxygen atoms in total. The molecule has 0 fully saturated rings. The van der Waals surface area contributed by atoms with Gasteiger partial charge in [-0.1, -0.05) is 31.5 Å². The highest BCUT2D eigenvalue weighted by atomic mass is 16.6. The van der Waals surface area contributed by atoms with Crippen molar-refractivity contribution < 1.29 is 23.7 Å². The zero-order valence-corrected chi connectivity index (χ0v) is 18.2. The van der Waals surface area contributed by atoms with Crippen molar-refractivity contribution in [2.45, 2.75) is 26.3 Å². The molecular weight excluding hydrogens is 416 g/mol. The molecule has 32 heavy (non-hydrogen) atoms. The molecule has 0 saturated carbocycles. The van der Waals surface area contributed by atoms with Crippen LogP contribution in [0, 0.1) is 16.0 Å². The summed E-state index contributed by atoms with van der Waals surface area (Å²) >= 11 is 0. The van der Waals surface area contributed by atoms with Gasteiger partial charge in [-0.15, -0.1) is 0 Å². The van der Waals surface area contributed by atoms with Gasteiger partial charge in [0.1, 0.15) is 6.04 Å². The number of nitrogens with one attached hydrogen (secondary N) is 1. The van der Waals surface area contributed by atoms with E-state index in [-0.39, 0.29) is 23.1 Å². The molecule has 0 radical (unpaired) electrons. The maximum absolute atomic E-state index is 12.8. The van der Waals surface area contributed by atoms with Crippen LogP contribution < -0.4 is 14.8 Å². The Morgan fingerprint density at radius 2 is 1.94 bits per heavy atom. The molecule has 2 atom stereocenters. The Balaban J connectivity index is 1.88. The normalized spacial score (nSPS) is 12.6. The molecule has 0 aliphatic rings. The van der Waals surface area contributed by atoms with Crippen LogP contribution in [0.5, 0.6) is 11.5 Å². The number of aromatic nitrogens is 2. The van der Waals surface area contributed by atoms with Crippen molar-refractivity contribution in [3.8, 4) is 22.9 Å². The summed E-state index contributed by atoms with van der Waals surface area (Å²) in [6.45, 7) is 3.92. The van der Waals surface area contributed by atoms with Gasteiger partial charge in [0, 0.05) is 23.3 Å². The number of carbonyl (C=O) groups is 1. The highest BCUT2D eigenvalue weighted by Crippen LogP contribution is 2.32. The highest BCUT2D eigenvalue weighted by molar-refractivity contribution is 5.95. The van der Waals surface area contributed by atoms with E-state index in [0.29, 0.717) is 22.9 Å². The Morgan fingerprint density at radius 1 is 1.19 bits per heavy atom. The monoisotopic (exact) mass is 440 g/mol. The van der Waals surface area contributed by atoms with Gasteiger partial charge >= 0.3 is 0 Å². The summed E-state index contributed by atoms with van der Waals surface area (Å²) in [6.07, 6.45) is 0.730. The van der Waals surface area contributed by atoms with Crippen LogP contribution in [0.3, 0.4) is 0 Å². The van der Waals surface area contributed by atoms with E-state index < -0.39 is 16.9 Å². The highest BCUT2D eigenvalue weighted by Gasteiger charge is 2.27. The van der Waals surface area contributed by atoms with E-state index in [1.165, 1.54) is 31.4 Å². The predicted molar refractivity (Wildman–Crippen MR) is 116 cm³/mol. The van der Waals surface area contributed by atoms with Crippen molar-refractivity contribution in [2.75, 3.05) is 14.2 Å². The Bertz CT molecular complexity index is 1110. The number of rotatable bonds is 9. The number of carbonyl (C=O) groups excluding carboxylic acids is 1. The second kappa shape index (κ2) is 9.90. The molecule has 0 saturated heterocycles. The number of hydrogen-bond acceptors (Lipinski definition) is 8. The van der Waals surface area contributed by atoms with Crippen LogP contribution in [0.4, 0.5) is 5.69 Å². The van der Waals surface area contributed by atoms with Gasteiger partial charge in [-0.25, -0.2) is 0 Å². The van der Waals surface area contributed by atoms with E-state index in [9.17, 15) is 14.9 Å². The average Bonchev–Trinajstić information content (AvgIpc) is 3.31. The number of hydrogen-bond donors (Lipinski definition) is 1. The minimum absolute atomic E-state index is 0.0312. The summed E-state index contributed by atoms with van der Waals surface area (Å²) in [5.74, 6) is 1.17. The topological polar surface area (TPSA) is 130 Å². The van der Waals surface area contributed by atoms with Gasteiger partial charge in [-0.3, -0.25) is 14.9 Å². The lowest BCUT2D eigenvalue weighted by Gasteiger charge is -2.20. The molecule has 3 aromatic rings. The molecule has 0 spiro atoms. The van der Waals surface area contributed by atoms with Crippen molar-refractivity contribution in [1.29, 1.82) is 0 Å². The zero-order valence-electron chi connectivity index (χ0n) is 18.2. The van der Waals surface area contributed by atoms with Gasteiger partial charge in [0.05, 0.1) is 19.1 Å². The van der Waals surface area contributed by atoms with Crippen molar-refractivity contribution in [1.82, 2.24) is 15.5 Å². The average molecular weight is 440 g/mol. The quantitative estimate of drug-likeness (QED) is 0.387. The molecule has 0 aliphatic carbocycles. The van der Waals surface area contributed by atoms with Crippen LogP contribution in [0.1, 0.15) is 42.6 Å². The summed E-state index contributed by atoms with van der Waals surface area (Å²) in [6, 6.07) is 10.2. The third-order valence-electron chi connectivity index (χ3n) is 5.17. The van der Waals surface area contributed by atoms with Gasteiger partial charge in [0.15, 0.2) is 11.5 Å². The lowest BCUT2D eigenvalue weighted by atomic mass is 9.98. The van der Waals surface area contributed by atoms with Crippen LogP contribution in [0.25, 0.3) is 11.4 Å². The SMILES string of the molecule is CC[C@@H](C)[C@H](NC(=O)c1cccc([N+](=O)[O-])c1)c1nc(-c2ccc(OC)c(OC)c2)no1. The van der Waals surface area contributed by atoms with Crippen LogP contribution in [-0.2, 0) is 0 Å². The van der Waals surface area contributed by atoms with Gasteiger partial charge in [-0.05, 0) is 30.2 Å². The lowest BCUT2D eigenvalue weighted by molar-refractivity contribution is -0.384. The molecule has 168 valence electrons. The first-order valence-corrected chi connectivity index (χ1v) is 9.99. The smallest absolute Gasteiger partial charge is 0.270 e. The number of nitro benzene ring substituents is 1. The Kier molecular flexibility index (Phi) is 7.04. The summed E-state index contributed by atoms with van der Waals surface area (Å²) in [5, 5.41) is 17.9. The molecule has 1 heterocycles. The van der Waals surface area contributed by atoms with Gasteiger partial charge in [-0.2, -0.15) is 4.98 Å². The first kappa shape index (κ1) is 22.7. The molecule has 2 aromatic carbocycles. The second-order valence-corrected chi connectivity index (χ2v) is 7.17. The number of ether oxygens (including phenoxy) is 2. The van der Waals surface area contributed by atoms with E-state index in [0.717, 1.165) is 6.42 Å². The second-order valence-electron chi connectivity index (χ2n) is 7.17. The number of nitrogens with zero attached hydrogens (tertiary/aromatic N) is 3. The largest absolute Gasteiger partial charge is 0.493 e. The third-order valence-corrected chi connectivity index (χ3v) is 5.17. The molecular formula is C22H24N4O6. The molecule has 1 N–H and O–H groups in total. The Morgan fingerprint density at radius 3 is 2.59 bits per heavy atom. The fourth-order valence-corrected chi connectivity index (χ4v) is 3.12. The van der Waals surface area contributed by atoms with E-state index in [1.54, 1.807) is 25.3 Å². The summed E-state index contributed by atoms with van der Waals surface area (Å²) in [7, 11) is 3.08. The fourth-order valence-electron chi connectivity index (χ4n) is 3.12. The summed E-state index contributed by atoms with van der Waals surface area (Å²) < 4.78 is 16.0. The standard InChI is InChI=1S/C22H24N4O6/c1-5-13(2)19(23-21(27)15-7-6-8-16(11-15)26(28)29)22-24-20(25-32-22)14-9-10-17(30-3)18(12-14)31-4/h6-13,19H,5H2,1-4H3,(H,23,27)/t13-,19+/m1/s1. The Hall–Kier alpha value is -3.95. The minimum atomic E-state index is -0.576. The van der Waals surface area contributed by atoms with E-state index in [2.05, 4.69) is 15.5 Å². The molecule has 0 unspecified atom stereocenters. The Labute approximate surface area is 184 Å². The maximum atomic E-state index is 12.8. The van der Waals surface area contributed by atoms with Crippen molar-refractivity contribution in [3.05, 3.63) is 64.0 Å². The van der Waals surface area contributed by atoms with Crippen molar-refractivity contribution in [3.63, 3.8) is 0 Å².